The van der Waals surface area contributed by atoms with E-state index in [1.807, 2.05) is 0 Å². The number of aliphatic carboxylic acids is 1. The van der Waals surface area contributed by atoms with Gasteiger partial charge in [0.25, 0.3) is 11.8 Å². The zero-order chi connectivity index (χ0) is 20.8. The Bertz CT molecular complexity index is 1050. The summed E-state index contributed by atoms with van der Waals surface area (Å²) in [6.07, 6.45) is 7.99. The molecular formula is C22H25N3O4S. The summed E-state index contributed by atoms with van der Waals surface area (Å²) in [6.45, 7) is 2.22. The molecule has 3 aliphatic carbocycles. The first-order valence-corrected chi connectivity index (χ1v) is 11.6. The molecule has 1 fully saturated rings. The van der Waals surface area contributed by atoms with E-state index < -0.39 is 5.97 Å². The average molecular weight is 428 g/mol. The number of nitrogens with zero attached hydrogens (tertiary/aromatic N) is 2. The molecule has 2 heterocycles. The highest BCUT2D eigenvalue weighted by Crippen LogP contribution is 2.46. The average Bonchev–Trinajstić information content (AvgIpc) is 3.16. The number of thiophene rings is 1. The Balaban J connectivity index is 1.52. The fraction of sp³-hybridized carbons (Fsp3) is 0.545. The van der Waals surface area contributed by atoms with Gasteiger partial charge in [0.2, 0.25) is 0 Å². The van der Waals surface area contributed by atoms with Gasteiger partial charge in [-0.2, -0.15) is 4.98 Å². The van der Waals surface area contributed by atoms with Crippen LogP contribution in [0.2, 0.25) is 0 Å². The van der Waals surface area contributed by atoms with Crippen molar-refractivity contribution in [2.24, 2.45) is 5.92 Å². The molecule has 1 saturated carbocycles. The molecule has 2 aromatic rings. The third-order valence-corrected chi connectivity index (χ3v) is 7.69. The number of fused-ring (bicyclic) bond motifs is 1. The highest BCUT2D eigenvalue weighted by molar-refractivity contribution is 7.17. The first kappa shape index (κ1) is 19.5. The molecule has 30 heavy (non-hydrogen) atoms. The lowest BCUT2D eigenvalue weighted by Crippen LogP contribution is -2.16. The molecule has 7 nitrogen and oxygen atoms in total. The molecule has 8 heteroatoms. The summed E-state index contributed by atoms with van der Waals surface area (Å²) in [7, 11) is 0. The number of hydrogen-bond donors (Lipinski definition) is 2. The largest absolute Gasteiger partial charge is 0.478 e. The molecule has 0 aliphatic heterocycles. The molecule has 2 aromatic heterocycles. The number of nitrogens with one attached hydrogen (secondary N) is 1. The van der Waals surface area contributed by atoms with E-state index in [1.165, 1.54) is 10.4 Å². The Hall–Kier alpha value is -2.48. The topological polar surface area (TPSA) is 105 Å². The van der Waals surface area contributed by atoms with E-state index in [9.17, 15) is 14.7 Å². The van der Waals surface area contributed by atoms with Crippen molar-refractivity contribution in [3.8, 4) is 11.5 Å². The highest BCUT2D eigenvalue weighted by atomic mass is 32.1. The summed E-state index contributed by atoms with van der Waals surface area (Å²) in [6, 6.07) is 0. The zero-order valence-electron chi connectivity index (χ0n) is 17.0. The molecule has 5 rings (SSSR count). The van der Waals surface area contributed by atoms with E-state index in [4.69, 9.17) is 4.52 Å². The fourth-order valence-corrected chi connectivity index (χ4v) is 5.92. The SMILES string of the molecule is CC[C@H]1CCc2c(sc(NC(=O)C3=C(C(=O)O)CCC3)c2-c2nc(C3CC3)no2)C1. The number of hydrogen-bond acceptors (Lipinski definition) is 6. The number of carboxylic acids is 1. The quantitative estimate of drug-likeness (QED) is 0.693. The minimum atomic E-state index is -1.000. The molecule has 0 radical (unpaired) electrons. The van der Waals surface area contributed by atoms with Crippen LogP contribution >= 0.6 is 11.3 Å². The predicted octanol–water partition coefficient (Wildman–Crippen LogP) is 4.69. The van der Waals surface area contributed by atoms with Crippen molar-refractivity contribution < 1.29 is 19.2 Å². The molecule has 1 atom stereocenters. The Morgan fingerprint density at radius 2 is 2.00 bits per heavy atom. The number of carbonyl (C=O) groups excluding carboxylic acids is 1. The lowest BCUT2D eigenvalue weighted by molar-refractivity contribution is -0.133. The molecule has 158 valence electrons. The van der Waals surface area contributed by atoms with Crippen molar-refractivity contribution in [3.05, 3.63) is 27.4 Å². The van der Waals surface area contributed by atoms with E-state index >= 15 is 0 Å². The summed E-state index contributed by atoms with van der Waals surface area (Å²) in [5.74, 6) is 0.933. The highest BCUT2D eigenvalue weighted by Gasteiger charge is 2.33. The second kappa shape index (κ2) is 7.65. The number of aromatic nitrogens is 2. The van der Waals surface area contributed by atoms with E-state index in [2.05, 4.69) is 22.4 Å². The van der Waals surface area contributed by atoms with Crippen LogP contribution in [0.25, 0.3) is 11.5 Å². The van der Waals surface area contributed by atoms with Crippen LogP contribution in [0.1, 0.15) is 74.1 Å². The van der Waals surface area contributed by atoms with Gasteiger partial charge in [-0.05, 0) is 62.8 Å². The van der Waals surface area contributed by atoms with Gasteiger partial charge in [0.15, 0.2) is 5.82 Å². The van der Waals surface area contributed by atoms with Crippen LogP contribution in [-0.2, 0) is 22.4 Å². The van der Waals surface area contributed by atoms with E-state index in [1.54, 1.807) is 11.3 Å². The number of amides is 1. The number of carbonyl (C=O) groups is 2. The molecule has 1 amide bonds. The maximum absolute atomic E-state index is 13.0. The van der Waals surface area contributed by atoms with Gasteiger partial charge in [0.05, 0.1) is 5.56 Å². The zero-order valence-corrected chi connectivity index (χ0v) is 17.8. The van der Waals surface area contributed by atoms with Gasteiger partial charge in [-0.1, -0.05) is 18.5 Å². The third kappa shape index (κ3) is 3.47. The lowest BCUT2D eigenvalue weighted by Gasteiger charge is -2.20. The van der Waals surface area contributed by atoms with Crippen molar-refractivity contribution in [2.45, 2.75) is 70.6 Å². The number of carboxylic acid groups (broad SMARTS) is 1. The van der Waals surface area contributed by atoms with Crippen molar-refractivity contribution in [3.63, 3.8) is 0 Å². The van der Waals surface area contributed by atoms with Crippen LogP contribution in [0, 0.1) is 5.92 Å². The number of anilines is 1. The summed E-state index contributed by atoms with van der Waals surface area (Å²) in [4.78, 5) is 30.4. The van der Waals surface area contributed by atoms with Crippen LogP contribution in [0.4, 0.5) is 5.00 Å². The number of rotatable bonds is 6. The van der Waals surface area contributed by atoms with Gasteiger partial charge in [0, 0.05) is 21.9 Å². The second-order valence-electron chi connectivity index (χ2n) is 8.53. The smallest absolute Gasteiger partial charge is 0.332 e. The van der Waals surface area contributed by atoms with E-state index in [0.29, 0.717) is 47.6 Å². The van der Waals surface area contributed by atoms with Gasteiger partial charge in [-0.25, -0.2) is 4.79 Å². The Kier molecular flexibility index (Phi) is 4.97. The summed E-state index contributed by atoms with van der Waals surface area (Å²) in [5, 5.41) is 17.3. The normalized spacial score (nSPS) is 21.0. The van der Waals surface area contributed by atoms with Gasteiger partial charge < -0.3 is 14.9 Å². The standard InChI is InChI=1S/C22H25N3O4S/c1-2-11-6-9-15-16(10-11)30-21(17(15)20-23-18(25-29-20)12-7-8-12)24-19(26)13-4-3-5-14(13)22(27)28/h11-12H,2-10H2,1H3,(H,24,26)(H,27,28)/t11-/m0/s1. The maximum Gasteiger partial charge on any atom is 0.332 e. The first-order valence-electron chi connectivity index (χ1n) is 10.8. The van der Waals surface area contributed by atoms with Gasteiger partial charge >= 0.3 is 5.97 Å². The fourth-order valence-electron chi connectivity index (χ4n) is 4.57. The Morgan fingerprint density at radius 3 is 2.73 bits per heavy atom. The van der Waals surface area contributed by atoms with E-state index in [0.717, 1.165) is 49.9 Å². The molecule has 3 aliphatic rings. The Labute approximate surface area is 178 Å². The predicted molar refractivity (Wildman–Crippen MR) is 113 cm³/mol. The van der Waals surface area contributed by atoms with Gasteiger partial charge in [-0.3, -0.25) is 4.79 Å². The molecule has 0 bridgehead atoms. The van der Waals surface area contributed by atoms with Gasteiger partial charge in [0.1, 0.15) is 5.00 Å². The monoisotopic (exact) mass is 427 g/mol. The Morgan fingerprint density at radius 1 is 1.20 bits per heavy atom. The van der Waals surface area contributed by atoms with Crippen LogP contribution in [-0.4, -0.2) is 27.1 Å². The van der Waals surface area contributed by atoms with Gasteiger partial charge in [-0.15, -0.1) is 11.3 Å². The van der Waals surface area contributed by atoms with Crippen molar-refractivity contribution >= 4 is 28.2 Å². The van der Waals surface area contributed by atoms with E-state index in [-0.39, 0.29) is 11.5 Å². The minimum absolute atomic E-state index is 0.232. The van der Waals surface area contributed by atoms with Crippen molar-refractivity contribution in [1.82, 2.24) is 10.1 Å². The minimum Gasteiger partial charge on any atom is -0.478 e. The molecule has 2 N–H and O–H groups in total. The third-order valence-electron chi connectivity index (χ3n) is 6.52. The summed E-state index contributed by atoms with van der Waals surface area (Å²) in [5.41, 5.74) is 2.66. The lowest BCUT2D eigenvalue weighted by atomic mass is 9.85. The van der Waals surface area contributed by atoms with Crippen LogP contribution < -0.4 is 5.32 Å². The van der Waals surface area contributed by atoms with Crippen LogP contribution in [0.3, 0.4) is 0 Å². The van der Waals surface area contributed by atoms with Crippen molar-refractivity contribution in [1.29, 1.82) is 0 Å². The maximum atomic E-state index is 13.0. The van der Waals surface area contributed by atoms with Crippen molar-refractivity contribution in [2.75, 3.05) is 5.32 Å². The first-order chi connectivity index (χ1) is 14.5. The molecule has 0 spiro atoms. The second-order valence-corrected chi connectivity index (χ2v) is 9.63. The summed E-state index contributed by atoms with van der Waals surface area (Å²) >= 11 is 1.58. The molecule has 0 unspecified atom stereocenters. The molecule has 0 aromatic carbocycles. The molecular weight excluding hydrogens is 402 g/mol. The van der Waals surface area contributed by atoms with Crippen LogP contribution in [0.5, 0.6) is 0 Å². The molecule has 0 saturated heterocycles. The summed E-state index contributed by atoms with van der Waals surface area (Å²) < 4.78 is 5.62. The van der Waals surface area contributed by atoms with Crippen LogP contribution in [0.15, 0.2) is 15.7 Å².